The van der Waals surface area contributed by atoms with E-state index in [2.05, 4.69) is 23.7 Å². The predicted octanol–water partition coefficient (Wildman–Crippen LogP) is 3.67. The summed E-state index contributed by atoms with van der Waals surface area (Å²) >= 11 is 3.42. The van der Waals surface area contributed by atoms with Crippen LogP contribution in [0.1, 0.15) is 25.0 Å². The van der Waals surface area contributed by atoms with Crippen LogP contribution < -0.4 is 4.90 Å². The quantitative estimate of drug-likeness (QED) is 0.334. The van der Waals surface area contributed by atoms with Gasteiger partial charge in [-0.1, -0.05) is 0 Å². The maximum Gasteiger partial charge on any atom is 0.136 e. The zero-order valence-electron chi connectivity index (χ0n) is 17.6. The van der Waals surface area contributed by atoms with Crippen molar-refractivity contribution in [1.82, 2.24) is 15.0 Å². The molecule has 3 aromatic rings. The minimum atomic E-state index is -0.207. The van der Waals surface area contributed by atoms with Crippen LogP contribution >= 0.6 is 23.1 Å². The molecule has 3 aromatic heterocycles. The molecule has 2 aliphatic rings. The number of ether oxygens (including phenoxy) is 3. The van der Waals surface area contributed by atoms with Gasteiger partial charge in [0.2, 0.25) is 0 Å². The van der Waals surface area contributed by atoms with Crippen LogP contribution in [0.2, 0.25) is 0 Å². The van der Waals surface area contributed by atoms with E-state index < -0.39 is 0 Å². The van der Waals surface area contributed by atoms with Crippen molar-refractivity contribution in [2.45, 2.75) is 37.5 Å². The van der Waals surface area contributed by atoms with Gasteiger partial charge in [0.05, 0.1) is 42.2 Å². The summed E-state index contributed by atoms with van der Waals surface area (Å²) in [6.07, 6.45) is 2.52. The highest BCUT2D eigenvalue weighted by atomic mass is 32.2. The van der Waals surface area contributed by atoms with Crippen LogP contribution in [0, 0.1) is 0 Å². The molecule has 160 valence electrons. The van der Waals surface area contributed by atoms with E-state index in [0.29, 0.717) is 13.2 Å². The molecular formula is C21H26N4O3S2. The number of rotatable bonds is 5. The fourth-order valence-electron chi connectivity index (χ4n) is 4.13. The Labute approximate surface area is 184 Å². The lowest BCUT2D eigenvalue weighted by Crippen LogP contribution is -2.39. The molecular weight excluding hydrogens is 420 g/mol. The van der Waals surface area contributed by atoms with Gasteiger partial charge < -0.3 is 19.1 Å². The van der Waals surface area contributed by atoms with E-state index in [9.17, 15) is 0 Å². The number of morpholine rings is 1. The average Bonchev–Trinajstić information content (AvgIpc) is 3.13. The summed E-state index contributed by atoms with van der Waals surface area (Å²) in [5.74, 6) is 1.91. The van der Waals surface area contributed by atoms with Gasteiger partial charge >= 0.3 is 0 Å². The van der Waals surface area contributed by atoms with Crippen LogP contribution in [0.25, 0.3) is 20.4 Å². The van der Waals surface area contributed by atoms with Crippen LogP contribution in [0.5, 0.6) is 0 Å². The van der Waals surface area contributed by atoms with Gasteiger partial charge in [0.1, 0.15) is 22.0 Å². The van der Waals surface area contributed by atoms with Crippen LogP contribution in [0.3, 0.4) is 0 Å². The van der Waals surface area contributed by atoms with E-state index in [1.54, 1.807) is 36.5 Å². The van der Waals surface area contributed by atoms with Crippen LogP contribution in [0.15, 0.2) is 11.4 Å². The second-order valence-electron chi connectivity index (χ2n) is 8.20. The van der Waals surface area contributed by atoms with Gasteiger partial charge in [-0.15, -0.1) is 23.1 Å². The molecule has 0 amide bonds. The number of thiophene rings is 1. The van der Waals surface area contributed by atoms with Crippen molar-refractivity contribution >= 4 is 49.3 Å². The van der Waals surface area contributed by atoms with E-state index in [1.165, 1.54) is 16.5 Å². The molecule has 0 atom stereocenters. The van der Waals surface area contributed by atoms with Gasteiger partial charge in [0.15, 0.2) is 0 Å². The Morgan fingerprint density at radius 2 is 2.07 bits per heavy atom. The van der Waals surface area contributed by atoms with Crippen LogP contribution in [-0.2, 0) is 27.2 Å². The van der Waals surface area contributed by atoms with Crippen molar-refractivity contribution in [3.63, 3.8) is 0 Å². The number of anilines is 1. The number of thioether (sulfide) groups is 1. The Morgan fingerprint density at radius 1 is 1.23 bits per heavy atom. The van der Waals surface area contributed by atoms with Crippen molar-refractivity contribution in [1.29, 1.82) is 0 Å². The van der Waals surface area contributed by atoms with E-state index in [-0.39, 0.29) is 5.60 Å². The maximum atomic E-state index is 6.20. The lowest BCUT2D eigenvalue weighted by Gasteiger charge is -2.36. The summed E-state index contributed by atoms with van der Waals surface area (Å²) in [7, 11) is 1.72. The molecule has 30 heavy (non-hydrogen) atoms. The normalized spacial score (nSPS) is 18.8. The molecule has 1 fully saturated rings. The third kappa shape index (κ3) is 3.67. The van der Waals surface area contributed by atoms with Gasteiger partial charge in [0, 0.05) is 43.3 Å². The smallest absolute Gasteiger partial charge is 0.136 e. The topological polar surface area (TPSA) is 69.6 Å². The van der Waals surface area contributed by atoms with Gasteiger partial charge in [-0.05, 0) is 19.4 Å². The third-order valence-electron chi connectivity index (χ3n) is 5.61. The van der Waals surface area contributed by atoms with Crippen LogP contribution in [0.4, 0.5) is 5.82 Å². The minimum Gasteiger partial charge on any atom is -0.384 e. The summed E-state index contributed by atoms with van der Waals surface area (Å²) in [6, 6.07) is 0. The zero-order valence-corrected chi connectivity index (χ0v) is 19.2. The highest BCUT2D eigenvalue weighted by Gasteiger charge is 2.33. The summed E-state index contributed by atoms with van der Waals surface area (Å²) < 4.78 is 18.1. The van der Waals surface area contributed by atoms with Crippen molar-refractivity contribution in [2.75, 3.05) is 50.7 Å². The second-order valence-corrected chi connectivity index (χ2v) is 10.3. The monoisotopic (exact) mass is 446 g/mol. The lowest BCUT2D eigenvalue weighted by atomic mass is 9.90. The number of aromatic nitrogens is 3. The van der Waals surface area contributed by atoms with Gasteiger partial charge in [-0.2, -0.15) is 0 Å². The highest BCUT2D eigenvalue weighted by Crippen LogP contribution is 2.44. The maximum absolute atomic E-state index is 6.20. The van der Waals surface area contributed by atoms with E-state index in [1.807, 2.05) is 0 Å². The molecule has 0 saturated carbocycles. The van der Waals surface area contributed by atoms with Gasteiger partial charge in [-0.3, -0.25) is 0 Å². The zero-order chi connectivity index (χ0) is 20.7. The Morgan fingerprint density at radius 3 is 2.87 bits per heavy atom. The fourth-order valence-corrected chi connectivity index (χ4v) is 6.26. The molecule has 0 bridgehead atoms. The predicted molar refractivity (Wildman–Crippen MR) is 121 cm³/mol. The number of pyridine rings is 1. The third-order valence-corrected chi connectivity index (χ3v) is 7.77. The molecule has 7 nitrogen and oxygen atoms in total. The molecule has 0 aliphatic carbocycles. The first-order valence-electron chi connectivity index (χ1n) is 10.2. The van der Waals surface area contributed by atoms with Crippen molar-refractivity contribution < 1.29 is 14.2 Å². The first kappa shape index (κ1) is 20.4. The second kappa shape index (κ2) is 8.20. The summed E-state index contributed by atoms with van der Waals surface area (Å²) in [4.78, 5) is 17.8. The van der Waals surface area contributed by atoms with Gasteiger partial charge in [0.25, 0.3) is 0 Å². The Kier molecular flexibility index (Phi) is 5.57. The molecule has 9 heteroatoms. The first-order valence-corrected chi connectivity index (χ1v) is 12.0. The average molecular weight is 447 g/mol. The molecule has 0 unspecified atom stereocenters. The fraction of sp³-hybridized carbons (Fsp3) is 0.571. The van der Waals surface area contributed by atoms with Crippen molar-refractivity contribution in [2.24, 2.45) is 0 Å². The molecule has 0 N–H and O–H groups in total. The number of methoxy groups -OCH3 is 1. The molecule has 0 radical (unpaired) electrons. The van der Waals surface area contributed by atoms with E-state index >= 15 is 0 Å². The van der Waals surface area contributed by atoms with Gasteiger partial charge in [-0.25, -0.2) is 15.0 Å². The van der Waals surface area contributed by atoms with Crippen LogP contribution in [-0.4, -0.2) is 66.3 Å². The van der Waals surface area contributed by atoms with Crippen molar-refractivity contribution in [3.05, 3.63) is 17.5 Å². The number of hydrogen-bond acceptors (Lipinski definition) is 9. The van der Waals surface area contributed by atoms with E-state index in [0.717, 1.165) is 64.4 Å². The molecule has 5 heterocycles. The molecule has 0 aromatic carbocycles. The molecule has 1 saturated heterocycles. The Hall–Kier alpha value is -1.52. The molecule has 0 spiro atoms. The molecule has 5 rings (SSSR count). The highest BCUT2D eigenvalue weighted by molar-refractivity contribution is 7.99. The SMILES string of the molecule is COCCSc1ncnc2c1sc1nc(N3CCOCC3)c3c(c12)CC(C)(C)OC3. The number of fused-ring (bicyclic) bond motifs is 5. The molecule has 2 aliphatic heterocycles. The number of hydrogen-bond donors (Lipinski definition) is 0. The largest absolute Gasteiger partial charge is 0.384 e. The minimum absolute atomic E-state index is 0.207. The van der Waals surface area contributed by atoms with Crippen molar-refractivity contribution in [3.8, 4) is 0 Å². The first-order chi connectivity index (χ1) is 14.6. The summed E-state index contributed by atoms with van der Waals surface area (Å²) in [5, 5.41) is 2.18. The standard InChI is InChI=1S/C21H26N4O3S2/c1-21(2)10-13-14(11-28-21)18(25-4-6-27-7-5-25)24-19-15(13)16-17(30-19)20(23-12-22-16)29-9-8-26-3/h12H,4-11H2,1-3H3. The Bertz CT molecular complexity index is 1080. The summed E-state index contributed by atoms with van der Waals surface area (Å²) in [6.45, 7) is 8.78. The van der Waals surface area contributed by atoms with E-state index in [4.69, 9.17) is 24.2 Å². The number of nitrogens with zero attached hydrogens (tertiary/aromatic N) is 4. The lowest BCUT2D eigenvalue weighted by molar-refractivity contribution is -0.0396. The summed E-state index contributed by atoms with van der Waals surface area (Å²) in [5.41, 5.74) is 3.34. The Balaban J connectivity index is 1.70.